The van der Waals surface area contributed by atoms with E-state index >= 15 is 0 Å². The van der Waals surface area contributed by atoms with Gasteiger partial charge in [-0.2, -0.15) is 0 Å². The van der Waals surface area contributed by atoms with Crippen molar-refractivity contribution in [3.8, 4) is 0 Å². The van der Waals surface area contributed by atoms with Gasteiger partial charge in [0.2, 0.25) is 0 Å². The Morgan fingerprint density at radius 2 is 1.89 bits per heavy atom. The Labute approximate surface area is 119 Å². The van der Waals surface area contributed by atoms with Gasteiger partial charge in [0.15, 0.2) is 0 Å². The average molecular weight is 291 g/mol. The molecule has 0 bridgehead atoms. The lowest BCUT2D eigenvalue weighted by atomic mass is 9.97. The monoisotopic (exact) mass is 290 g/mol. The zero-order valence-electron chi connectivity index (χ0n) is 11.3. The summed E-state index contributed by atoms with van der Waals surface area (Å²) in [4.78, 5) is 2.18. The van der Waals surface area contributed by atoms with Gasteiger partial charge >= 0.3 is 0 Å². The van der Waals surface area contributed by atoms with Gasteiger partial charge < -0.3 is 10.6 Å². The van der Waals surface area contributed by atoms with Gasteiger partial charge in [0.05, 0.1) is 0 Å². The van der Waals surface area contributed by atoms with Crippen LogP contribution in [0.2, 0.25) is 0 Å². The minimum Gasteiger partial charge on any atom is -0.324 e. The number of hydrogen-bond acceptors (Lipinski definition) is 2. The first-order chi connectivity index (χ1) is 8.37. The highest BCUT2D eigenvalue weighted by Crippen LogP contribution is 2.31. The molecule has 1 aliphatic heterocycles. The fourth-order valence-corrected chi connectivity index (χ4v) is 2.69. The zero-order chi connectivity index (χ0) is 13.3. The standard InChI is InChI=1S/C14H20F2N2.ClH/c1-14(2,17)9-18-7-6-10(8-18)13-11(15)4-3-5-12(13)16;/h3-5,10H,6-9,17H2,1-2H3;1H. The van der Waals surface area contributed by atoms with Crippen molar-refractivity contribution in [3.05, 3.63) is 35.4 Å². The van der Waals surface area contributed by atoms with Crippen LogP contribution in [0.15, 0.2) is 18.2 Å². The van der Waals surface area contributed by atoms with Crippen LogP contribution >= 0.6 is 12.4 Å². The molecule has 2 rings (SSSR count). The van der Waals surface area contributed by atoms with Gasteiger partial charge in [-0.15, -0.1) is 12.4 Å². The van der Waals surface area contributed by atoms with Crippen molar-refractivity contribution in [2.45, 2.75) is 31.7 Å². The van der Waals surface area contributed by atoms with Crippen molar-refractivity contribution in [1.82, 2.24) is 4.90 Å². The second-order valence-corrected chi connectivity index (χ2v) is 5.84. The lowest BCUT2D eigenvalue weighted by molar-refractivity contribution is 0.268. The van der Waals surface area contributed by atoms with Crippen LogP contribution in [0.25, 0.3) is 0 Å². The lowest BCUT2D eigenvalue weighted by Crippen LogP contribution is -2.44. The molecule has 1 fully saturated rings. The number of nitrogens with zero attached hydrogens (tertiary/aromatic N) is 1. The van der Waals surface area contributed by atoms with E-state index < -0.39 is 11.6 Å². The van der Waals surface area contributed by atoms with E-state index in [1.165, 1.54) is 18.2 Å². The Hall–Kier alpha value is -0.710. The molecule has 1 aromatic rings. The quantitative estimate of drug-likeness (QED) is 0.927. The van der Waals surface area contributed by atoms with E-state index in [0.717, 1.165) is 19.5 Å². The third kappa shape index (κ3) is 4.13. The molecule has 5 heteroatoms. The molecular formula is C14H21ClF2N2. The fourth-order valence-electron chi connectivity index (χ4n) is 2.69. The van der Waals surface area contributed by atoms with Crippen molar-refractivity contribution in [1.29, 1.82) is 0 Å². The summed E-state index contributed by atoms with van der Waals surface area (Å²) in [6.07, 6.45) is 0.786. The maximum absolute atomic E-state index is 13.7. The van der Waals surface area contributed by atoms with Gasteiger partial charge in [-0.05, 0) is 38.9 Å². The minimum atomic E-state index is -0.436. The van der Waals surface area contributed by atoms with Gasteiger partial charge in [-0.25, -0.2) is 8.78 Å². The SMILES string of the molecule is CC(C)(N)CN1CCC(c2c(F)cccc2F)C1.Cl. The van der Waals surface area contributed by atoms with E-state index in [0.29, 0.717) is 6.54 Å². The van der Waals surface area contributed by atoms with Crippen LogP contribution in [0.3, 0.4) is 0 Å². The maximum Gasteiger partial charge on any atom is 0.129 e. The van der Waals surface area contributed by atoms with E-state index in [2.05, 4.69) is 4.90 Å². The molecule has 108 valence electrons. The van der Waals surface area contributed by atoms with Crippen LogP contribution in [0.4, 0.5) is 8.78 Å². The number of benzene rings is 1. The van der Waals surface area contributed by atoms with E-state index in [1.54, 1.807) is 0 Å². The van der Waals surface area contributed by atoms with Crippen molar-refractivity contribution in [3.63, 3.8) is 0 Å². The highest BCUT2D eigenvalue weighted by Gasteiger charge is 2.30. The first-order valence-corrected chi connectivity index (χ1v) is 6.32. The van der Waals surface area contributed by atoms with Crippen molar-refractivity contribution >= 4 is 12.4 Å². The largest absolute Gasteiger partial charge is 0.324 e. The van der Waals surface area contributed by atoms with Crippen LogP contribution in [0, 0.1) is 11.6 Å². The minimum absolute atomic E-state index is 0. The predicted octanol–water partition coefficient (Wildman–Crippen LogP) is 2.91. The Morgan fingerprint density at radius 3 is 2.42 bits per heavy atom. The molecule has 19 heavy (non-hydrogen) atoms. The average Bonchev–Trinajstić information content (AvgIpc) is 2.63. The third-order valence-corrected chi connectivity index (χ3v) is 3.31. The summed E-state index contributed by atoms with van der Waals surface area (Å²) < 4.78 is 27.4. The summed E-state index contributed by atoms with van der Waals surface area (Å²) in [5.74, 6) is -0.934. The first kappa shape index (κ1) is 16.3. The van der Waals surface area contributed by atoms with Crippen LogP contribution in [-0.4, -0.2) is 30.1 Å². The highest BCUT2D eigenvalue weighted by atomic mass is 35.5. The number of likely N-dealkylation sites (tertiary alicyclic amines) is 1. The molecule has 0 saturated carbocycles. The molecule has 1 saturated heterocycles. The number of halogens is 3. The molecule has 2 N–H and O–H groups in total. The van der Waals surface area contributed by atoms with Crippen LogP contribution in [-0.2, 0) is 0 Å². The van der Waals surface area contributed by atoms with Gasteiger partial charge in [0, 0.05) is 30.1 Å². The summed E-state index contributed by atoms with van der Waals surface area (Å²) >= 11 is 0. The molecule has 1 aromatic carbocycles. The molecule has 0 spiro atoms. The summed E-state index contributed by atoms with van der Waals surface area (Å²) in [5, 5.41) is 0. The maximum atomic E-state index is 13.7. The predicted molar refractivity (Wildman–Crippen MR) is 75.7 cm³/mol. The summed E-state index contributed by atoms with van der Waals surface area (Å²) in [6, 6.07) is 4.06. The van der Waals surface area contributed by atoms with E-state index in [-0.39, 0.29) is 29.4 Å². The number of hydrogen-bond donors (Lipinski definition) is 1. The molecule has 0 aromatic heterocycles. The second-order valence-electron chi connectivity index (χ2n) is 5.84. The third-order valence-electron chi connectivity index (χ3n) is 3.31. The lowest BCUT2D eigenvalue weighted by Gasteiger charge is -2.26. The molecule has 1 unspecified atom stereocenters. The Balaban J connectivity index is 0.00000180. The summed E-state index contributed by atoms with van der Waals surface area (Å²) in [5.41, 5.74) is 5.93. The fraction of sp³-hybridized carbons (Fsp3) is 0.571. The van der Waals surface area contributed by atoms with Crippen molar-refractivity contribution in [2.24, 2.45) is 5.73 Å². The van der Waals surface area contributed by atoms with Gasteiger partial charge in [-0.3, -0.25) is 0 Å². The van der Waals surface area contributed by atoms with Gasteiger partial charge in [-0.1, -0.05) is 6.07 Å². The van der Waals surface area contributed by atoms with Gasteiger partial charge in [0.1, 0.15) is 11.6 Å². The normalized spacial score (nSPS) is 20.4. The topological polar surface area (TPSA) is 29.3 Å². The van der Waals surface area contributed by atoms with Crippen molar-refractivity contribution < 1.29 is 8.78 Å². The van der Waals surface area contributed by atoms with Crippen LogP contribution in [0.5, 0.6) is 0 Å². The second kappa shape index (κ2) is 6.16. The molecule has 1 aliphatic rings. The Kier molecular flexibility index (Phi) is 5.30. The van der Waals surface area contributed by atoms with E-state index in [4.69, 9.17) is 5.73 Å². The summed E-state index contributed by atoms with van der Waals surface area (Å²) in [6.45, 7) is 6.20. The molecule has 1 atom stereocenters. The highest BCUT2D eigenvalue weighted by molar-refractivity contribution is 5.85. The summed E-state index contributed by atoms with van der Waals surface area (Å²) in [7, 11) is 0. The molecule has 0 radical (unpaired) electrons. The molecule has 2 nitrogen and oxygen atoms in total. The Morgan fingerprint density at radius 1 is 1.32 bits per heavy atom. The number of nitrogens with two attached hydrogens (primary N) is 1. The zero-order valence-corrected chi connectivity index (χ0v) is 12.1. The first-order valence-electron chi connectivity index (χ1n) is 6.32. The molecule has 0 aliphatic carbocycles. The van der Waals surface area contributed by atoms with E-state index in [1.807, 2.05) is 13.8 Å². The van der Waals surface area contributed by atoms with E-state index in [9.17, 15) is 8.78 Å². The number of rotatable bonds is 3. The van der Waals surface area contributed by atoms with Crippen LogP contribution in [0.1, 0.15) is 31.7 Å². The van der Waals surface area contributed by atoms with Crippen LogP contribution < -0.4 is 5.73 Å². The van der Waals surface area contributed by atoms with Crippen molar-refractivity contribution in [2.75, 3.05) is 19.6 Å². The molecule has 0 amide bonds. The smallest absolute Gasteiger partial charge is 0.129 e. The molecular weight excluding hydrogens is 270 g/mol. The van der Waals surface area contributed by atoms with Gasteiger partial charge in [0.25, 0.3) is 0 Å². The molecule has 1 heterocycles. The Bertz CT molecular complexity index is 412.